The van der Waals surface area contributed by atoms with Gasteiger partial charge in [0.25, 0.3) is 5.91 Å². The molecule has 0 radical (unpaired) electrons. The number of hydrogen-bond acceptors (Lipinski definition) is 6. The maximum absolute atomic E-state index is 12.4. The highest BCUT2D eigenvalue weighted by atomic mass is 16.1. The zero-order chi connectivity index (χ0) is 22.3. The lowest BCUT2D eigenvalue weighted by Gasteiger charge is -2.22. The van der Waals surface area contributed by atoms with Crippen LogP contribution in [-0.4, -0.2) is 56.7 Å². The third kappa shape index (κ3) is 5.24. The molecule has 1 saturated carbocycles. The molecule has 0 bridgehead atoms. The lowest BCUT2D eigenvalue weighted by Crippen LogP contribution is -2.34. The standard InChI is InChI=1S/C24H33N7O/c1-3-30(4-2)15-14-25-23(32)18-10-12-20(13-11-18)28-24-26-16-19-17-27-31(22(19)29-24)21-8-6-5-7-9-21/h10-13,16-17,21H,3-9,14-15H2,1-2H3,(H,25,32)(H,26,28,29). The van der Waals surface area contributed by atoms with Crippen LogP contribution >= 0.6 is 0 Å². The number of nitrogens with zero attached hydrogens (tertiary/aromatic N) is 5. The van der Waals surface area contributed by atoms with Crippen molar-refractivity contribution >= 4 is 28.6 Å². The Balaban J connectivity index is 1.39. The van der Waals surface area contributed by atoms with Gasteiger partial charge in [0.05, 0.1) is 17.6 Å². The number of rotatable bonds is 9. The Kier molecular flexibility index (Phi) is 7.32. The molecule has 4 rings (SSSR count). The molecule has 0 saturated heterocycles. The lowest BCUT2D eigenvalue weighted by molar-refractivity contribution is 0.0949. The number of hydrogen-bond donors (Lipinski definition) is 2. The van der Waals surface area contributed by atoms with Crippen molar-refractivity contribution in [1.82, 2.24) is 30.0 Å². The van der Waals surface area contributed by atoms with Gasteiger partial charge in [-0.15, -0.1) is 0 Å². The van der Waals surface area contributed by atoms with E-state index >= 15 is 0 Å². The van der Waals surface area contributed by atoms with Gasteiger partial charge in [0, 0.05) is 30.5 Å². The quantitative estimate of drug-likeness (QED) is 0.525. The summed E-state index contributed by atoms with van der Waals surface area (Å²) in [6.07, 6.45) is 9.77. The van der Waals surface area contributed by atoms with Crippen LogP contribution in [0.3, 0.4) is 0 Å². The molecule has 170 valence electrons. The predicted molar refractivity (Wildman–Crippen MR) is 127 cm³/mol. The minimum absolute atomic E-state index is 0.0576. The first-order valence-corrected chi connectivity index (χ1v) is 11.8. The van der Waals surface area contributed by atoms with Gasteiger partial charge < -0.3 is 15.5 Å². The summed E-state index contributed by atoms with van der Waals surface area (Å²) in [5.41, 5.74) is 2.35. The third-order valence-electron chi connectivity index (χ3n) is 6.27. The number of aromatic nitrogens is 4. The van der Waals surface area contributed by atoms with Crippen LogP contribution in [0.5, 0.6) is 0 Å². The first kappa shape index (κ1) is 22.2. The van der Waals surface area contributed by atoms with E-state index in [-0.39, 0.29) is 5.91 Å². The van der Waals surface area contributed by atoms with Gasteiger partial charge in [0.2, 0.25) is 5.95 Å². The Hall–Kier alpha value is -3.00. The van der Waals surface area contributed by atoms with Crippen LogP contribution in [0.2, 0.25) is 0 Å². The molecular formula is C24H33N7O. The Labute approximate surface area is 189 Å². The van der Waals surface area contributed by atoms with Gasteiger partial charge in [0.15, 0.2) is 5.65 Å². The highest BCUT2D eigenvalue weighted by molar-refractivity contribution is 5.94. The molecule has 8 nitrogen and oxygen atoms in total. The fraction of sp³-hybridized carbons (Fsp3) is 0.500. The number of fused-ring (bicyclic) bond motifs is 1. The average molecular weight is 436 g/mol. The predicted octanol–water partition coefficient (Wildman–Crippen LogP) is 4.15. The molecule has 3 aromatic rings. The summed E-state index contributed by atoms with van der Waals surface area (Å²) in [5, 5.41) is 11.8. The lowest BCUT2D eigenvalue weighted by atomic mass is 9.96. The number of carbonyl (C=O) groups is 1. The SMILES string of the molecule is CCN(CC)CCNC(=O)c1ccc(Nc2ncc3cnn(C4CCCCC4)c3n2)cc1. The van der Waals surface area contributed by atoms with E-state index in [1.165, 1.54) is 19.3 Å². The number of likely N-dealkylation sites (N-methyl/N-ethyl adjacent to an activating group) is 1. The van der Waals surface area contributed by atoms with E-state index in [1.54, 1.807) is 0 Å². The Bertz CT molecular complexity index is 1020. The third-order valence-corrected chi connectivity index (χ3v) is 6.27. The van der Waals surface area contributed by atoms with Crippen LogP contribution in [0, 0.1) is 0 Å². The molecule has 1 aliphatic carbocycles. The van der Waals surface area contributed by atoms with Crippen LogP contribution in [0.25, 0.3) is 11.0 Å². The van der Waals surface area contributed by atoms with Gasteiger partial charge in [-0.2, -0.15) is 10.1 Å². The summed E-state index contributed by atoms with van der Waals surface area (Å²) in [4.78, 5) is 23.8. The van der Waals surface area contributed by atoms with Gasteiger partial charge in [0.1, 0.15) is 0 Å². The van der Waals surface area contributed by atoms with Crippen molar-refractivity contribution < 1.29 is 4.79 Å². The van der Waals surface area contributed by atoms with Crippen molar-refractivity contribution in [3.8, 4) is 0 Å². The molecule has 1 amide bonds. The molecule has 1 fully saturated rings. The Morgan fingerprint density at radius 1 is 1.09 bits per heavy atom. The zero-order valence-corrected chi connectivity index (χ0v) is 19.0. The van der Waals surface area contributed by atoms with Crippen molar-refractivity contribution in [3.63, 3.8) is 0 Å². The summed E-state index contributed by atoms with van der Waals surface area (Å²) in [7, 11) is 0. The second-order valence-electron chi connectivity index (χ2n) is 8.34. The monoisotopic (exact) mass is 435 g/mol. The second-order valence-corrected chi connectivity index (χ2v) is 8.34. The molecule has 2 heterocycles. The van der Waals surface area contributed by atoms with Crippen molar-refractivity contribution in [1.29, 1.82) is 0 Å². The molecule has 8 heteroatoms. The zero-order valence-electron chi connectivity index (χ0n) is 19.0. The number of nitrogens with one attached hydrogen (secondary N) is 2. The number of benzene rings is 1. The molecule has 2 aromatic heterocycles. The van der Waals surface area contributed by atoms with Gasteiger partial charge in [-0.25, -0.2) is 9.67 Å². The molecule has 0 atom stereocenters. The molecule has 0 unspecified atom stereocenters. The van der Waals surface area contributed by atoms with E-state index in [0.717, 1.165) is 49.2 Å². The van der Waals surface area contributed by atoms with Gasteiger partial charge in [-0.3, -0.25) is 4.79 Å². The maximum Gasteiger partial charge on any atom is 0.251 e. The van der Waals surface area contributed by atoms with Gasteiger partial charge in [-0.05, 0) is 50.2 Å². The average Bonchev–Trinajstić information content (AvgIpc) is 3.26. The van der Waals surface area contributed by atoms with Gasteiger partial charge >= 0.3 is 0 Å². The summed E-state index contributed by atoms with van der Waals surface area (Å²) in [6, 6.07) is 7.82. The first-order chi connectivity index (χ1) is 15.7. The first-order valence-electron chi connectivity index (χ1n) is 11.8. The summed E-state index contributed by atoms with van der Waals surface area (Å²) < 4.78 is 2.06. The van der Waals surface area contributed by atoms with E-state index in [2.05, 4.69) is 44.1 Å². The Morgan fingerprint density at radius 2 is 1.84 bits per heavy atom. The summed E-state index contributed by atoms with van der Waals surface area (Å²) >= 11 is 0. The van der Waals surface area contributed by atoms with Crippen LogP contribution in [0.15, 0.2) is 36.7 Å². The van der Waals surface area contributed by atoms with Crippen LogP contribution in [0.4, 0.5) is 11.6 Å². The van der Waals surface area contributed by atoms with Crippen molar-refractivity contribution in [3.05, 3.63) is 42.2 Å². The van der Waals surface area contributed by atoms with Crippen LogP contribution in [0.1, 0.15) is 62.4 Å². The number of amides is 1. The molecule has 32 heavy (non-hydrogen) atoms. The van der Waals surface area contributed by atoms with E-state index in [0.29, 0.717) is 24.1 Å². The maximum atomic E-state index is 12.4. The molecule has 0 spiro atoms. The van der Waals surface area contributed by atoms with Crippen molar-refractivity contribution in [2.75, 3.05) is 31.5 Å². The summed E-state index contributed by atoms with van der Waals surface area (Å²) in [6.45, 7) is 7.73. The fourth-order valence-corrected chi connectivity index (χ4v) is 4.29. The topological polar surface area (TPSA) is 88.0 Å². The molecular weight excluding hydrogens is 402 g/mol. The largest absolute Gasteiger partial charge is 0.351 e. The van der Waals surface area contributed by atoms with E-state index in [9.17, 15) is 4.79 Å². The molecule has 2 N–H and O–H groups in total. The molecule has 1 aromatic carbocycles. The second kappa shape index (κ2) is 10.5. The van der Waals surface area contributed by atoms with Crippen LogP contribution in [-0.2, 0) is 0 Å². The van der Waals surface area contributed by atoms with Crippen molar-refractivity contribution in [2.45, 2.75) is 52.0 Å². The normalized spacial score (nSPS) is 14.7. The highest BCUT2D eigenvalue weighted by Gasteiger charge is 2.19. The van der Waals surface area contributed by atoms with E-state index in [4.69, 9.17) is 4.98 Å². The fourth-order valence-electron chi connectivity index (χ4n) is 4.29. The van der Waals surface area contributed by atoms with Crippen LogP contribution < -0.4 is 10.6 Å². The minimum Gasteiger partial charge on any atom is -0.351 e. The van der Waals surface area contributed by atoms with Crippen molar-refractivity contribution in [2.24, 2.45) is 0 Å². The minimum atomic E-state index is -0.0576. The molecule has 1 aliphatic rings. The summed E-state index contributed by atoms with van der Waals surface area (Å²) in [5.74, 6) is 0.476. The Morgan fingerprint density at radius 3 is 2.56 bits per heavy atom. The van der Waals surface area contributed by atoms with E-state index < -0.39 is 0 Å². The molecule has 0 aliphatic heterocycles. The number of anilines is 2. The van der Waals surface area contributed by atoms with Gasteiger partial charge in [-0.1, -0.05) is 33.1 Å². The highest BCUT2D eigenvalue weighted by Crippen LogP contribution is 2.30. The smallest absolute Gasteiger partial charge is 0.251 e. The number of carbonyl (C=O) groups excluding carboxylic acids is 1. The van der Waals surface area contributed by atoms with E-state index in [1.807, 2.05) is 36.7 Å².